The van der Waals surface area contributed by atoms with Crippen LogP contribution in [0.2, 0.25) is 5.02 Å². The standard InChI is InChI=1S/C25H25ClN4O3/c1-4-32-24-12-18(9-10-23(24)33-16-19-7-5-6-8-22(19)26)14-28-30-25-21(13-27)20(15-31-3)11-17(2)29-25/h5-12,14H,4,15-16H2,1-3H3,(H,29,30)/b28-14-. The molecule has 0 unspecified atom stereocenters. The summed E-state index contributed by atoms with van der Waals surface area (Å²) in [5.74, 6) is 1.59. The van der Waals surface area contributed by atoms with E-state index < -0.39 is 0 Å². The van der Waals surface area contributed by atoms with Crippen LogP contribution in [0, 0.1) is 18.3 Å². The number of nitriles is 1. The lowest BCUT2D eigenvalue weighted by Gasteiger charge is -2.13. The number of benzene rings is 2. The molecule has 1 heterocycles. The summed E-state index contributed by atoms with van der Waals surface area (Å²) in [6.07, 6.45) is 1.63. The van der Waals surface area contributed by atoms with E-state index >= 15 is 0 Å². The molecule has 3 aromatic rings. The molecule has 1 aromatic heterocycles. The zero-order chi connectivity index (χ0) is 23.6. The van der Waals surface area contributed by atoms with Crippen molar-refractivity contribution in [3.8, 4) is 17.6 Å². The largest absolute Gasteiger partial charge is 0.490 e. The van der Waals surface area contributed by atoms with Gasteiger partial charge in [-0.15, -0.1) is 0 Å². The maximum Gasteiger partial charge on any atom is 0.164 e. The van der Waals surface area contributed by atoms with Gasteiger partial charge in [0.15, 0.2) is 17.3 Å². The quantitative estimate of drug-likeness (QED) is 0.315. The van der Waals surface area contributed by atoms with E-state index in [0.717, 1.165) is 22.4 Å². The lowest BCUT2D eigenvalue weighted by Crippen LogP contribution is -2.04. The summed E-state index contributed by atoms with van der Waals surface area (Å²) in [6.45, 7) is 4.89. The second kappa shape index (κ2) is 11.9. The molecule has 0 radical (unpaired) electrons. The summed E-state index contributed by atoms with van der Waals surface area (Å²) in [5.41, 5.74) is 6.46. The maximum atomic E-state index is 9.53. The predicted molar refractivity (Wildman–Crippen MR) is 129 cm³/mol. The Morgan fingerprint density at radius 2 is 1.91 bits per heavy atom. The van der Waals surface area contributed by atoms with Crippen molar-refractivity contribution in [2.75, 3.05) is 19.1 Å². The third-order valence-corrected chi connectivity index (χ3v) is 5.00. The first kappa shape index (κ1) is 24.1. The van der Waals surface area contributed by atoms with Crippen LogP contribution in [0.1, 0.15) is 34.9 Å². The molecule has 0 saturated carbocycles. The maximum absolute atomic E-state index is 9.53. The lowest BCUT2D eigenvalue weighted by atomic mass is 10.1. The number of nitrogens with zero attached hydrogens (tertiary/aromatic N) is 3. The number of rotatable bonds is 10. The highest BCUT2D eigenvalue weighted by molar-refractivity contribution is 6.31. The summed E-state index contributed by atoms with van der Waals surface area (Å²) >= 11 is 6.22. The van der Waals surface area contributed by atoms with Crippen LogP contribution < -0.4 is 14.9 Å². The zero-order valence-electron chi connectivity index (χ0n) is 18.8. The molecule has 0 amide bonds. The Hall–Kier alpha value is -3.60. The fraction of sp³-hybridized carbons (Fsp3) is 0.240. The van der Waals surface area contributed by atoms with Gasteiger partial charge in [-0.1, -0.05) is 29.8 Å². The minimum atomic E-state index is 0.317. The molecule has 0 aliphatic rings. The van der Waals surface area contributed by atoms with Crippen LogP contribution in [-0.4, -0.2) is 24.9 Å². The molecular weight excluding hydrogens is 440 g/mol. The Labute approximate surface area is 198 Å². The summed E-state index contributed by atoms with van der Waals surface area (Å²) in [7, 11) is 1.58. The Morgan fingerprint density at radius 3 is 2.64 bits per heavy atom. The van der Waals surface area contributed by atoms with E-state index in [-0.39, 0.29) is 0 Å². The van der Waals surface area contributed by atoms with Crippen LogP contribution in [0.15, 0.2) is 53.6 Å². The minimum absolute atomic E-state index is 0.317. The molecule has 8 heteroatoms. The molecule has 0 aliphatic heterocycles. The Bertz CT molecular complexity index is 1170. The zero-order valence-corrected chi connectivity index (χ0v) is 19.5. The van der Waals surface area contributed by atoms with E-state index in [1.807, 2.05) is 62.4 Å². The van der Waals surface area contributed by atoms with Crippen molar-refractivity contribution in [1.82, 2.24) is 4.98 Å². The highest BCUT2D eigenvalue weighted by Gasteiger charge is 2.11. The van der Waals surface area contributed by atoms with Gasteiger partial charge in [0.1, 0.15) is 18.2 Å². The number of nitrogens with one attached hydrogen (secondary N) is 1. The van der Waals surface area contributed by atoms with Crippen molar-refractivity contribution < 1.29 is 14.2 Å². The number of hydrazone groups is 1. The van der Waals surface area contributed by atoms with E-state index in [1.165, 1.54) is 0 Å². The Balaban J connectivity index is 1.76. The SMILES string of the molecule is CCOc1cc(/C=N\Nc2nc(C)cc(COC)c2C#N)ccc1OCc1ccccc1Cl. The van der Waals surface area contributed by atoms with Crippen molar-refractivity contribution in [2.24, 2.45) is 5.10 Å². The molecule has 1 N–H and O–H groups in total. The van der Waals surface area contributed by atoms with E-state index in [4.69, 9.17) is 25.8 Å². The first-order valence-electron chi connectivity index (χ1n) is 10.4. The lowest BCUT2D eigenvalue weighted by molar-refractivity contribution is 0.184. The van der Waals surface area contributed by atoms with Crippen LogP contribution in [-0.2, 0) is 18.0 Å². The number of aryl methyl sites for hydroxylation is 1. The van der Waals surface area contributed by atoms with Crippen molar-refractivity contribution in [2.45, 2.75) is 27.1 Å². The smallest absolute Gasteiger partial charge is 0.164 e. The van der Waals surface area contributed by atoms with Gasteiger partial charge in [-0.3, -0.25) is 5.43 Å². The van der Waals surface area contributed by atoms with Crippen LogP contribution >= 0.6 is 11.6 Å². The molecule has 7 nitrogen and oxygen atoms in total. The molecule has 0 atom stereocenters. The van der Waals surface area contributed by atoms with Crippen LogP contribution in [0.25, 0.3) is 0 Å². The molecule has 33 heavy (non-hydrogen) atoms. The average Bonchev–Trinajstić information content (AvgIpc) is 2.80. The number of anilines is 1. The normalized spacial score (nSPS) is 10.8. The van der Waals surface area contributed by atoms with Gasteiger partial charge in [-0.25, -0.2) is 4.98 Å². The minimum Gasteiger partial charge on any atom is -0.490 e. The van der Waals surface area contributed by atoms with Gasteiger partial charge in [-0.05, 0) is 49.7 Å². The topological polar surface area (TPSA) is 88.8 Å². The van der Waals surface area contributed by atoms with Crippen LogP contribution in [0.4, 0.5) is 5.82 Å². The number of ether oxygens (including phenoxy) is 3. The third kappa shape index (κ3) is 6.45. The molecule has 0 aliphatic carbocycles. The van der Waals surface area contributed by atoms with E-state index in [1.54, 1.807) is 13.3 Å². The molecule has 2 aromatic carbocycles. The summed E-state index contributed by atoms with van der Waals surface area (Å²) < 4.78 is 16.9. The summed E-state index contributed by atoms with van der Waals surface area (Å²) in [5, 5.41) is 14.4. The number of aromatic nitrogens is 1. The van der Waals surface area contributed by atoms with E-state index in [9.17, 15) is 5.26 Å². The molecule has 170 valence electrons. The Morgan fingerprint density at radius 1 is 1.09 bits per heavy atom. The van der Waals surface area contributed by atoms with Crippen LogP contribution in [0.5, 0.6) is 11.5 Å². The van der Waals surface area contributed by atoms with Crippen molar-refractivity contribution in [3.05, 3.63) is 81.5 Å². The average molecular weight is 465 g/mol. The Kier molecular flexibility index (Phi) is 8.64. The van der Waals surface area contributed by atoms with Gasteiger partial charge >= 0.3 is 0 Å². The first-order valence-corrected chi connectivity index (χ1v) is 10.7. The highest BCUT2D eigenvalue weighted by atomic mass is 35.5. The fourth-order valence-corrected chi connectivity index (χ4v) is 3.34. The molecule has 3 rings (SSSR count). The number of hydrogen-bond acceptors (Lipinski definition) is 7. The number of halogens is 1. The molecule has 0 saturated heterocycles. The monoisotopic (exact) mass is 464 g/mol. The third-order valence-electron chi connectivity index (χ3n) is 4.63. The second-order valence-electron chi connectivity index (χ2n) is 7.08. The van der Waals surface area contributed by atoms with Gasteiger partial charge in [0, 0.05) is 29.0 Å². The van der Waals surface area contributed by atoms with E-state index in [0.29, 0.717) is 47.7 Å². The molecule has 0 spiro atoms. The van der Waals surface area contributed by atoms with Gasteiger partial charge in [0.2, 0.25) is 0 Å². The summed E-state index contributed by atoms with van der Waals surface area (Å²) in [4.78, 5) is 4.38. The number of pyridine rings is 1. The van der Waals surface area contributed by atoms with Gasteiger partial charge in [-0.2, -0.15) is 10.4 Å². The second-order valence-corrected chi connectivity index (χ2v) is 7.49. The predicted octanol–water partition coefficient (Wildman–Crippen LogP) is 5.49. The van der Waals surface area contributed by atoms with Gasteiger partial charge in [0.25, 0.3) is 0 Å². The number of methoxy groups -OCH3 is 1. The van der Waals surface area contributed by atoms with Gasteiger partial charge < -0.3 is 14.2 Å². The molecule has 0 bridgehead atoms. The van der Waals surface area contributed by atoms with Gasteiger partial charge in [0.05, 0.1) is 19.4 Å². The summed E-state index contributed by atoms with van der Waals surface area (Å²) in [6, 6.07) is 17.1. The van der Waals surface area contributed by atoms with E-state index in [2.05, 4.69) is 21.6 Å². The van der Waals surface area contributed by atoms with Crippen molar-refractivity contribution >= 4 is 23.6 Å². The van der Waals surface area contributed by atoms with Crippen molar-refractivity contribution in [3.63, 3.8) is 0 Å². The fourth-order valence-electron chi connectivity index (χ4n) is 3.15. The van der Waals surface area contributed by atoms with Crippen molar-refractivity contribution in [1.29, 1.82) is 5.26 Å². The molecular formula is C25H25ClN4O3. The first-order chi connectivity index (χ1) is 16.0. The molecule has 0 fully saturated rings. The van der Waals surface area contributed by atoms with Crippen LogP contribution in [0.3, 0.4) is 0 Å². The highest BCUT2D eigenvalue weighted by Crippen LogP contribution is 2.29. The number of hydrogen-bond donors (Lipinski definition) is 1.